The van der Waals surface area contributed by atoms with E-state index in [0.29, 0.717) is 0 Å². The molecular formula is C15H33Hf-3. The van der Waals surface area contributed by atoms with Crippen LogP contribution in [0.2, 0.25) is 0 Å². The second kappa shape index (κ2) is 9.86. The molecule has 0 saturated carbocycles. The van der Waals surface area contributed by atoms with Crippen molar-refractivity contribution in [2.45, 2.75) is 62.3 Å². The summed E-state index contributed by atoms with van der Waals surface area (Å²) in [5.74, 6) is 0. The Balaban J connectivity index is -0.0000000655. The zero-order valence-corrected chi connectivity index (χ0v) is 16.7. The SMILES string of the molecule is [CH2-]C(C)(C)C.[CH2-]C(C)(C)C.[CH2-]C(C)(C)C.[Hf]. The first-order valence-corrected chi connectivity index (χ1v) is 5.56. The van der Waals surface area contributed by atoms with E-state index in [1.165, 1.54) is 0 Å². The zero-order chi connectivity index (χ0) is 13.5. The molecule has 0 amide bonds. The molecule has 0 fully saturated rings. The Kier molecular flexibility index (Phi) is 15.8. The molecule has 100 valence electrons. The number of hydrogen-bond acceptors (Lipinski definition) is 0. The molecule has 0 spiro atoms. The summed E-state index contributed by atoms with van der Waals surface area (Å²) in [5, 5.41) is 0. The molecule has 0 aliphatic rings. The third-order valence-electron chi connectivity index (χ3n) is 0. The van der Waals surface area contributed by atoms with Gasteiger partial charge in [0.2, 0.25) is 0 Å². The van der Waals surface area contributed by atoms with Crippen molar-refractivity contribution >= 4 is 0 Å². The van der Waals surface area contributed by atoms with E-state index >= 15 is 0 Å². The quantitative estimate of drug-likeness (QED) is 0.372. The Morgan fingerprint density at radius 2 is 0.438 bits per heavy atom. The summed E-state index contributed by atoms with van der Waals surface area (Å²) in [4.78, 5) is 0. The van der Waals surface area contributed by atoms with Crippen molar-refractivity contribution in [2.75, 3.05) is 0 Å². The predicted molar refractivity (Wildman–Crippen MR) is 74.4 cm³/mol. The molecular weight excluding hydrogens is 359 g/mol. The molecule has 0 N–H and O–H groups in total. The summed E-state index contributed by atoms with van der Waals surface area (Å²) in [5.41, 5.74) is 0.750. The van der Waals surface area contributed by atoms with E-state index < -0.39 is 0 Å². The fraction of sp³-hybridized carbons (Fsp3) is 0.800. The van der Waals surface area contributed by atoms with Gasteiger partial charge in [0.25, 0.3) is 0 Å². The summed E-state index contributed by atoms with van der Waals surface area (Å²) in [6, 6.07) is 0. The maximum Gasteiger partial charge on any atom is 0 e. The molecule has 0 saturated heterocycles. The average molecular weight is 392 g/mol. The molecule has 0 rings (SSSR count). The van der Waals surface area contributed by atoms with Crippen molar-refractivity contribution in [3.63, 3.8) is 0 Å². The normalized spacial score (nSPS) is 11.2. The summed E-state index contributed by atoms with van der Waals surface area (Å²) < 4.78 is 0. The van der Waals surface area contributed by atoms with Crippen LogP contribution >= 0.6 is 0 Å². The van der Waals surface area contributed by atoms with Crippen LogP contribution in [0.4, 0.5) is 0 Å². The number of hydrogen-bond donors (Lipinski definition) is 0. The van der Waals surface area contributed by atoms with Crippen LogP contribution in [0.15, 0.2) is 0 Å². The Labute approximate surface area is 125 Å². The Hall–Kier alpha value is 0.870. The molecule has 1 heteroatoms. The maximum absolute atomic E-state index is 3.77. The van der Waals surface area contributed by atoms with Crippen LogP contribution in [0.25, 0.3) is 0 Å². The van der Waals surface area contributed by atoms with Gasteiger partial charge in [-0.25, -0.2) is 0 Å². The van der Waals surface area contributed by atoms with Crippen LogP contribution in [-0.2, 0) is 25.8 Å². The first-order chi connectivity index (χ1) is 6.00. The van der Waals surface area contributed by atoms with Gasteiger partial charge in [0.05, 0.1) is 0 Å². The molecule has 16 heavy (non-hydrogen) atoms. The van der Waals surface area contributed by atoms with Crippen molar-refractivity contribution in [2.24, 2.45) is 16.2 Å². The van der Waals surface area contributed by atoms with Crippen molar-refractivity contribution < 1.29 is 25.8 Å². The van der Waals surface area contributed by atoms with E-state index in [2.05, 4.69) is 83.1 Å². The van der Waals surface area contributed by atoms with Gasteiger partial charge in [-0.3, -0.25) is 0 Å². The van der Waals surface area contributed by atoms with Gasteiger partial charge in [-0.2, -0.15) is 16.2 Å². The van der Waals surface area contributed by atoms with Gasteiger partial charge in [0.15, 0.2) is 0 Å². The predicted octanol–water partition coefficient (Wildman–Crippen LogP) is 5.60. The second-order valence-electron chi connectivity index (χ2n) is 7.68. The van der Waals surface area contributed by atoms with E-state index in [1.54, 1.807) is 0 Å². The van der Waals surface area contributed by atoms with Crippen molar-refractivity contribution in [1.29, 1.82) is 0 Å². The van der Waals surface area contributed by atoms with E-state index in [-0.39, 0.29) is 42.1 Å². The minimum absolute atomic E-state index is 0. The van der Waals surface area contributed by atoms with Gasteiger partial charge in [0, 0.05) is 25.8 Å². The Morgan fingerprint density at radius 3 is 0.438 bits per heavy atom. The molecule has 0 nitrogen and oxygen atoms in total. The maximum atomic E-state index is 3.77. The fourth-order valence-electron chi connectivity index (χ4n) is 0. The Morgan fingerprint density at radius 1 is 0.438 bits per heavy atom. The monoisotopic (exact) mass is 393 g/mol. The molecule has 0 heterocycles. The third kappa shape index (κ3) is 3780. The van der Waals surface area contributed by atoms with E-state index in [1.807, 2.05) is 0 Å². The van der Waals surface area contributed by atoms with Crippen LogP contribution in [0.3, 0.4) is 0 Å². The molecule has 0 atom stereocenters. The standard InChI is InChI=1S/3C5H11.Hf/c3*1-5(2,3)4;/h3*1H2,2-4H3;/q3*-1;. The van der Waals surface area contributed by atoms with Gasteiger partial charge in [-0.1, -0.05) is 62.3 Å². The third-order valence-corrected chi connectivity index (χ3v) is 0. The molecule has 0 aromatic rings. The van der Waals surface area contributed by atoms with Gasteiger partial charge in [0.1, 0.15) is 0 Å². The molecule has 0 bridgehead atoms. The van der Waals surface area contributed by atoms with Crippen LogP contribution < -0.4 is 0 Å². The molecule has 0 unspecified atom stereocenters. The molecule has 0 aromatic carbocycles. The summed E-state index contributed by atoms with van der Waals surface area (Å²) >= 11 is 0. The minimum Gasteiger partial charge on any atom is -0.338 e. The topological polar surface area (TPSA) is 0 Å². The summed E-state index contributed by atoms with van der Waals surface area (Å²) in [6.45, 7) is 30.0. The second-order valence-corrected chi connectivity index (χ2v) is 7.68. The zero-order valence-electron chi connectivity index (χ0n) is 13.1. The fourth-order valence-corrected chi connectivity index (χ4v) is 0. The molecule has 0 aromatic heterocycles. The number of rotatable bonds is 0. The summed E-state index contributed by atoms with van der Waals surface area (Å²) in [6.07, 6.45) is 0. The first kappa shape index (κ1) is 25.7. The van der Waals surface area contributed by atoms with Crippen LogP contribution in [-0.4, -0.2) is 0 Å². The largest absolute Gasteiger partial charge is 0.338 e. The van der Waals surface area contributed by atoms with Gasteiger partial charge in [-0.15, -0.1) is 0 Å². The van der Waals surface area contributed by atoms with Gasteiger partial charge >= 0.3 is 0 Å². The smallest absolute Gasteiger partial charge is 0 e. The molecule has 0 aliphatic heterocycles. The van der Waals surface area contributed by atoms with Crippen LogP contribution in [0.5, 0.6) is 0 Å². The van der Waals surface area contributed by atoms with Gasteiger partial charge in [-0.05, 0) is 0 Å². The molecule has 0 radical (unpaired) electrons. The van der Waals surface area contributed by atoms with Crippen molar-refractivity contribution in [1.82, 2.24) is 0 Å². The van der Waals surface area contributed by atoms with E-state index in [4.69, 9.17) is 0 Å². The van der Waals surface area contributed by atoms with Crippen molar-refractivity contribution in [3.05, 3.63) is 20.8 Å². The van der Waals surface area contributed by atoms with E-state index in [9.17, 15) is 0 Å². The minimum atomic E-state index is 0. The average Bonchev–Trinajstić information content (AvgIpc) is 1.41. The van der Waals surface area contributed by atoms with Crippen molar-refractivity contribution in [3.8, 4) is 0 Å². The van der Waals surface area contributed by atoms with Crippen LogP contribution in [0, 0.1) is 37.0 Å². The van der Waals surface area contributed by atoms with Crippen LogP contribution in [0.1, 0.15) is 62.3 Å². The Bertz CT molecular complexity index is 80.5. The molecule has 0 aliphatic carbocycles. The summed E-state index contributed by atoms with van der Waals surface area (Å²) in [7, 11) is 0. The van der Waals surface area contributed by atoms with Gasteiger partial charge < -0.3 is 20.8 Å². The first-order valence-electron chi connectivity index (χ1n) is 5.56. The van der Waals surface area contributed by atoms with E-state index in [0.717, 1.165) is 0 Å².